The molecule has 3 N–H and O–H groups in total. The molecule has 180 valence electrons. The van der Waals surface area contributed by atoms with Crippen LogP contribution >= 0.6 is 34.4 Å². The molecular formula is C24H28IN5O3S. The average molecular weight is 597 g/mol. The molecule has 1 saturated heterocycles. The average Bonchev–Trinajstić information content (AvgIpc) is 3.42. The number of pyridine rings is 1. The lowest BCUT2D eigenvalue weighted by molar-refractivity contribution is -0.140. The van der Waals surface area contributed by atoms with Gasteiger partial charge in [0.15, 0.2) is 11.0 Å². The van der Waals surface area contributed by atoms with E-state index in [4.69, 9.17) is 15.5 Å². The van der Waals surface area contributed by atoms with E-state index in [1.165, 1.54) is 16.1 Å². The van der Waals surface area contributed by atoms with Crippen molar-refractivity contribution in [2.75, 3.05) is 25.4 Å². The van der Waals surface area contributed by atoms with E-state index in [0.29, 0.717) is 24.8 Å². The van der Waals surface area contributed by atoms with E-state index in [9.17, 15) is 9.90 Å². The maximum atomic E-state index is 12.1. The van der Waals surface area contributed by atoms with Gasteiger partial charge in [-0.3, -0.25) is 4.79 Å². The number of aromatic nitrogens is 3. The third-order valence-electron chi connectivity index (χ3n) is 6.65. The van der Waals surface area contributed by atoms with Gasteiger partial charge in [0.1, 0.15) is 17.4 Å². The van der Waals surface area contributed by atoms with Crippen LogP contribution in [0.1, 0.15) is 31.7 Å². The summed E-state index contributed by atoms with van der Waals surface area (Å²) in [4.78, 5) is 24.1. The fourth-order valence-corrected chi connectivity index (χ4v) is 6.53. The summed E-state index contributed by atoms with van der Waals surface area (Å²) in [7, 11) is 0. The maximum Gasteiger partial charge on any atom is 0.251 e. The van der Waals surface area contributed by atoms with Crippen LogP contribution in [0.25, 0.3) is 11.0 Å². The molecule has 10 heteroatoms. The van der Waals surface area contributed by atoms with Crippen molar-refractivity contribution in [2.24, 2.45) is 5.92 Å². The van der Waals surface area contributed by atoms with E-state index >= 15 is 0 Å². The van der Waals surface area contributed by atoms with E-state index in [2.05, 4.69) is 44.3 Å². The highest BCUT2D eigenvalue weighted by Crippen LogP contribution is 2.39. The molecule has 2 aliphatic rings. The second kappa shape index (κ2) is 9.90. The normalized spacial score (nSPS) is 17.1. The van der Waals surface area contributed by atoms with Gasteiger partial charge in [0.2, 0.25) is 0 Å². The molecule has 1 aromatic carbocycles. The van der Waals surface area contributed by atoms with E-state index in [0.717, 1.165) is 65.7 Å². The summed E-state index contributed by atoms with van der Waals surface area (Å²) < 4.78 is 9.22. The van der Waals surface area contributed by atoms with Crippen LogP contribution in [0, 0.1) is 9.49 Å². The number of hydrogen-bond donors (Lipinski definition) is 2. The largest absolute Gasteiger partial charge is 0.493 e. The molecule has 0 saturated carbocycles. The first-order chi connectivity index (χ1) is 16.4. The Morgan fingerprint density at radius 3 is 2.94 bits per heavy atom. The number of aliphatic hydroxyl groups is 1. The van der Waals surface area contributed by atoms with Crippen molar-refractivity contribution >= 4 is 57.1 Å². The molecule has 0 bridgehead atoms. The summed E-state index contributed by atoms with van der Waals surface area (Å²) in [6.45, 7) is 4.49. The third-order valence-corrected chi connectivity index (χ3v) is 8.96. The summed E-state index contributed by atoms with van der Waals surface area (Å²) in [5.41, 5.74) is 9.15. The molecule has 4 heterocycles. The van der Waals surface area contributed by atoms with E-state index in [1.54, 1.807) is 22.9 Å². The summed E-state index contributed by atoms with van der Waals surface area (Å²) >= 11 is 4.02. The predicted octanol–water partition coefficient (Wildman–Crippen LogP) is 3.71. The van der Waals surface area contributed by atoms with E-state index in [1.807, 2.05) is 6.07 Å². The number of likely N-dealkylation sites (tertiary alicyclic amines) is 1. The molecule has 0 spiro atoms. The van der Waals surface area contributed by atoms with Gasteiger partial charge in [-0.15, -0.1) is 0 Å². The van der Waals surface area contributed by atoms with E-state index < -0.39 is 6.10 Å². The van der Waals surface area contributed by atoms with Gasteiger partial charge in [0.25, 0.3) is 5.91 Å². The van der Waals surface area contributed by atoms with Crippen LogP contribution in [-0.4, -0.2) is 56.2 Å². The van der Waals surface area contributed by atoms with Crippen LogP contribution in [0.15, 0.2) is 34.4 Å². The summed E-state index contributed by atoms with van der Waals surface area (Å²) in [5.74, 6) is 1.75. The standard InChI is InChI=1S/C24H28IN5O3S/c1-14(31)23(32)29-8-3-15(4-9-29)5-10-30-18-2-7-27-22(26)21(18)28-24(30)34-20-13-19-16(6-11-33-19)12-17(20)25/h2,7,12-15,31H,3-6,8-11H2,1H3,(H2,26,27)/t14-/m0/s1/i25+4. The quantitative estimate of drug-likeness (QED) is 0.418. The first-order valence-corrected chi connectivity index (χ1v) is 13.5. The van der Waals surface area contributed by atoms with E-state index in [-0.39, 0.29) is 5.91 Å². The lowest BCUT2D eigenvalue weighted by Crippen LogP contribution is -2.43. The molecule has 2 aliphatic heterocycles. The van der Waals surface area contributed by atoms with Crippen LogP contribution in [0.5, 0.6) is 5.75 Å². The van der Waals surface area contributed by atoms with Gasteiger partial charge >= 0.3 is 0 Å². The Bertz CT molecular complexity index is 1220. The lowest BCUT2D eigenvalue weighted by Gasteiger charge is -2.32. The Labute approximate surface area is 216 Å². The number of carbonyl (C=O) groups is 1. The molecule has 1 atom stereocenters. The topological polar surface area (TPSA) is 106 Å². The van der Waals surface area contributed by atoms with Gasteiger partial charge in [0, 0.05) is 40.7 Å². The molecule has 3 aromatic rings. The fourth-order valence-electron chi connectivity index (χ4n) is 4.72. The number of aryl methyl sites for hydroxylation is 1. The number of piperidine rings is 1. The number of aliphatic hydroxyl groups excluding tert-OH is 1. The number of nitrogens with two attached hydrogens (primary N) is 1. The highest BCUT2D eigenvalue weighted by atomic mass is 131. The van der Waals surface area contributed by atoms with Crippen molar-refractivity contribution in [1.29, 1.82) is 0 Å². The smallest absolute Gasteiger partial charge is 0.251 e. The molecule has 8 nitrogen and oxygen atoms in total. The minimum Gasteiger partial charge on any atom is -0.493 e. The third kappa shape index (κ3) is 4.72. The number of amides is 1. The Morgan fingerprint density at radius 1 is 1.38 bits per heavy atom. The van der Waals surface area contributed by atoms with Crippen molar-refractivity contribution in [3.05, 3.63) is 33.5 Å². The Kier molecular flexibility index (Phi) is 6.90. The van der Waals surface area contributed by atoms with Crippen molar-refractivity contribution < 1.29 is 14.6 Å². The summed E-state index contributed by atoms with van der Waals surface area (Å²) in [5, 5.41) is 10.5. The van der Waals surface area contributed by atoms with Gasteiger partial charge in [-0.1, -0.05) is 11.8 Å². The van der Waals surface area contributed by atoms with Crippen LogP contribution in [-0.2, 0) is 17.8 Å². The second-order valence-electron chi connectivity index (χ2n) is 8.93. The molecule has 34 heavy (non-hydrogen) atoms. The summed E-state index contributed by atoms with van der Waals surface area (Å²) in [6, 6.07) is 6.30. The first-order valence-electron chi connectivity index (χ1n) is 11.6. The molecule has 1 fully saturated rings. The Morgan fingerprint density at radius 2 is 2.18 bits per heavy atom. The number of benzene rings is 1. The van der Waals surface area contributed by atoms with Gasteiger partial charge in [-0.25, -0.2) is 9.97 Å². The predicted molar refractivity (Wildman–Crippen MR) is 140 cm³/mol. The first kappa shape index (κ1) is 23.7. The molecule has 2 aromatic heterocycles. The van der Waals surface area contributed by atoms with Crippen LogP contribution < -0.4 is 10.5 Å². The highest BCUT2D eigenvalue weighted by Gasteiger charge is 2.26. The number of rotatable bonds is 6. The number of carbonyl (C=O) groups excluding carboxylic acids is 1. The maximum absolute atomic E-state index is 12.1. The molecule has 0 unspecified atom stereocenters. The van der Waals surface area contributed by atoms with Crippen LogP contribution in [0.4, 0.5) is 5.82 Å². The van der Waals surface area contributed by atoms with Gasteiger partial charge < -0.3 is 25.0 Å². The lowest BCUT2D eigenvalue weighted by atomic mass is 9.93. The SMILES string of the molecule is C[C@H](O)C(=O)N1CCC(CCn2c(Sc3cc4c(cc3[131I])CCO4)nc3c(N)nccc32)CC1. The number of hydrogen-bond acceptors (Lipinski definition) is 7. The number of nitrogen functional groups attached to an aromatic ring is 1. The van der Waals surface area contributed by atoms with Crippen LogP contribution in [0.3, 0.4) is 0 Å². The molecule has 0 aliphatic carbocycles. The number of fused-ring (bicyclic) bond motifs is 2. The van der Waals surface area contributed by atoms with Crippen molar-refractivity contribution in [3.8, 4) is 5.75 Å². The molecule has 0 radical (unpaired) electrons. The van der Waals surface area contributed by atoms with Crippen molar-refractivity contribution in [3.63, 3.8) is 0 Å². The van der Waals surface area contributed by atoms with Gasteiger partial charge in [-0.2, -0.15) is 0 Å². The van der Waals surface area contributed by atoms with Crippen molar-refractivity contribution in [1.82, 2.24) is 19.4 Å². The van der Waals surface area contributed by atoms with Crippen molar-refractivity contribution in [2.45, 2.75) is 55.3 Å². The Hall–Kier alpha value is -2.05. The number of anilines is 1. The Balaban J connectivity index is 1.36. The number of halogens is 1. The van der Waals surface area contributed by atoms with Crippen LogP contribution in [0.2, 0.25) is 0 Å². The zero-order chi connectivity index (χ0) is 23.8. The highest BCUT2D eigenvalue weighted by molar-refractivity contribution is 14.1. The minimum atomic E-state index is -0.931. The number of imidazole rings is 1. The number of nitrogens with zero attached hydrogens (tertiary/aromatic N) is 4. The van der Waals surface area contributed by atoms with Gasteiger partial charge in [-0.05, 0) is 78.5 Å². The molecule has 1 amide bonds. The zero-order valence-electron chi connectivity index (χ0n) is 19.0. The minimum absolute atomic E-state index is 0.173. The monoisotopic (exact) mass is 597 g/mol. The number of ether oxygens (including phenoxy) is 1. The summed E-state index contributed by atoms with van der Waals surface area (Å²) in [6.07, 6.45) is 4.63. The zero-order valence-corrected chi connectivity index (χ0v) is 22.0. The fraction of sp³-hybridized carbons (Fsp3) is 0.458. The molecule has 5 rings (SSSR count). The van der Waals surface area contributed by atoms with Gasteiger partial charge in [0.05, 0.1) is 12.1 Å². The molecular weight excluding hydrogens is 569 g/mol. The second-order valence-corrected chi connectivity index (χ2v) is 11.1.